The first-order chi connectivity index (χ1) is 15.1. The Hall–Kier alpha value is -2.69. The molecule has 0 saturated heterocycles. The van der Waals surface area contributed by atoms with Gasteiger partial charge in [-0.2, -0.15) is 0 Å². The minimum atomic E-state index is 0.910. The van der Waals surface area contributed by atoms with Crippen molar-refractivity contribution in [3.05, 3.63) is 77.4 Å². The van der Waals surface area contributed by atoms with Crippen molar-refractivity contribution in [2.75, 3.05) is 39.2 Å². The van der Waals surface area contributed by atoms with E-state index in [9.17, 15) is 0 Å². The molecule has 3 aromatic carbocycles. The highest BCUT2D eigenvalue weighted by Crippen LogP contribution is 2.50. The van der Waals surface area contributed by atoms with E-state index in [2.05, 4.69) is 90.6 Å². The van der Waals surface area contributed by atoms with Crippen LogP contribution in [0.2, 0.25) is 0 Å². The highest BCUT2D eigenvalue weighted by atomic mass is 32.2. The molecular formula is C27H28N2OS. The molecule has 0 saturated carbocycles. The zero-order valence-electron chi connectivity index (χ0n) is 18.4. The third kappa shape index (κ3) is 3.98. The Labute approximate surface area is 189 Å². The molecule has 158 valence electrons. The smallest absolute Gasteiger partial charge is 0.120 e. The molecule has 2 aliphatic rings. The summed E-state index contributed by atoms with van der Waals surface area (Å²) in [4.78, 5) is 7.31. The molecule has 0 amide bonds. The van der Waals surface area contributed by atoms with Gasteiger partial charge in [0, 0.05) is 16.3 Å². The van der Waals surface area contributed by atoms with Crippen LogP contribution in [0.5, 0.6) is 5.75 Å². The third-order valence-corrected chi connectivity index (χ3v) is 7.15. The topological polar surface area (TPSA) is 15.7 Å². The molecule has 0 radical (unpaired) electrons. The Balaban J connectivity index is 1.49. The first-order valence-corrected chi connectivity index (χ1v) is 11.6. The Bertz CT molecular complexity index is 1150. The van der Waals surface area contributed by atoms with Gasteiger partial charge in [-0.15, -0.1) is 0 Å². The molecule has 1 aliphatic heterocycles. The largest absolute Gasteiger partial charge is 0.497 e. The fourth-order valence-electron chi connectivity index (χ4n) is 4.44. The van der Waals surface area contributed by atoms with Crippen molar-refractivity contribution in [3.8, 4) is 5.75 Å². The quantitative estimate of drug-likeness (QED) is 0.455. The van der Waals surface area contributed by atoms with Crippen LogP contribution in [0.3, 0.4) is 0 Å². The van der Waals surface area contributed by atoms with Crippen molar-refractivity contribution in [2.24, 2.45) is 0 Å². The van der Waals surface area contributed by atoms with Gasteiger partial charge in [-0.05, 0) is 86.1 Å². The van der Waals surface area contributed by atoms with Gasteiger partial charge >= 0.3 is 0 Å². The summed E-state index contributed by atoms with van der Waals surface area (Å²) >= 11 is 1.85. The van der Waals surface area contributed by atoms with Crippen molar-refractivity contribution < 1.29 is 4.74 Å². The summed E-state index contributed by atoms with van der Waals surface area (Å²) in [7, 11) is 6.01. The number of hydrogen-bond acceptors (Lipinski definition) is 4. The minimum absolute atomic E-state index is 0.910. The number of anilines is 2. The van der Waals surface area contributed by atoms with Gasteiger partial charge in [0.1, 0.15) is 5.75 Å². The van der Waals surface area contributed by atoms with Crippen LogP contribution in [0.1, 0.15) is 23.1 Å². The summed E-state index contributed by atoms with van der Waals surface area (Å²) in [6.07, 6.45) is 4.47. The van der Waals surface area contributed by atoms with Crippen LogP contribution in [0.4, 0.5) is 11.4 Å². The summed E-state index contributed by atoms with van der Waals surface area (Å²) in [6, 6.07) is 22.1. The summed E-state index contributed by atoms with van der Waals surface area (Å²) in [5.41, 5.74) is 8.08. The second kappa shape index (κ2) is 8.45. The number of methoxy groups -OCH3 is 1. The number of ether oxygens (including phenoxy) is 1. The summed E-state index contributed by atoms with van der Waals surface area (Å²) < 4.78 is 5.51. The predicted octanol–water partition coefficient (Wildman–Crippen LogP) is 6.35. The molecule has 0 fully saturated rings. The normalized spacial score (nSPS) is 14.2. The zero-order chi connectivity index (χ0) is 21.4. The summed E-state index contributed by atoms with van der Waals surface area (Å²) in [5.74, 6) is 0.910. The van der Waals surface area contributed by atoms with E-state index in [-0.39, 0.29) is 0 Å². The number of nitrogens with zero attached hydrogens (tertiary/aromatic N) is 2. The maximum absolute atomic E-state index is 5.51. The van der Waals surface area contributed by atoms with Gasteiger partial charge < -0.3 is 14.5 Å². The van der Waals surface area contributed by atoms with Gasteiger partial charge in [0.15, 0.2) is 0 Å². The molecule has 5 rings (SSSR count). The Morgan fingerprint density at radius 3 is 2.52 bits per heavy atom. The summed E-state index contributed by atoms with van der Waals surface area (Å²) in [6.45, 7) is 2.08. The molecular weight excluding hydrogens is 400 g/mol. The fourth-order valence-corrected chi connectivity index (χ4v) is 5.61. The molecule has 3 aromatic rings. The van der Waals surface area contributed by atoms with Gasteiger partial charge in [0.2, 0.25) is 0 Å². The van der Waals surface area contributed by atoms with Gasteiger partial charge in [0.25, 0.3) is 0 Å². The number of fused-ring (bicyclic) bond motifs is 3. The van der Waals surface area contributed by atoms with E-state index in [1.165, 1.54) is 43.4 Å². The number of hydrogen-bond donors (Lipinski definition) is 0. The van der Waals surface area contributed by atoms with Crippen LogP contribution < -0.4 is 9.64 Å². The van der Waals surface area contributed by atoms with Crippen LogP contribution in [-0.4, -0.2) is 39.2 Å². The molecule has 0 N–H and O–H groups in total. The molecule has 3 nitrogen and oxygen atoms in total. The second-order valence-corrected chi connectivity index (χ2v) is 9.56. The van der Waals surface area contributed by atoms with Gasteiger partial charge in [0.05, 0.1) is 18.5 Å². The monoisotopic (exact) mass is 428 g/mol. The SMILES string of the molecule is COc1ccc2c(c1)Sc1cc(C3=Cc4ccccc4C3)ccc1N2CCCN(C)C. The van der Waals surface area contributed by atoms with Crippen LogP contribution in [0.25, 0.3) is 11.6 Å². The van der Waals surface area contributed by atoms with Crippen molar-refractivity contribution in [2.45, 2.75) is 22.6 Å². The Morgan fingerprint density at radius 1 is 0.968 bits per heavy atom. The van der Waals surface area contributed by atoms with Gasteiger partial charge in [-0.25, -0.2) is 0 Å². The molecule has 1 heterocycles. The van der Waals surface area contributed by atoms with Crippen LogP contribution in [0, 0.1) is 0 Å². The minimum Gasteiger partial charge on any atom is -0.497 e. The Kier molecular flexibility index (Phi) is 5.51. The average molecular weight is 429 g/mol. The van der Waals surface area contributed by atoms with E-state index >= 15 is 0 Å². The van der Waals surface area contributed by atoms with Gasteiger partial charge in [-0.3, -0.25) is 0 Å². The van der Waals surface area contributed by atoms with Crippen molar-refractivity contribution in [3.63, 3.8) is 0 Å². The predicted molar refractivity (Wildman–Crippen MR) is 132 cm³/mol. The molecule has 0 aromatic heterocycles. The lowest BCUT2D eigenvalue weighted by Gasteiger charge is -2.33. The average Bonchev–Trinajstić information content (AvgIpc) is 3.22. The maximum Gasteiger partial charge on any atom is 0.120 e. The Morgan fingerprint density at radius 2 is 1.74 bits per heavy atom. The lowest BCUT2D eigenvalue weighted by molar-refractivity contribution is 0.402. The zero-order valence-corrected chi connectivity index (χ0v) is 19.2. The fraction of sp³-hybridized carbons (Fsp3) is 0.259. The highest BCUT2D eigenvalue weighted by Gasteiger charge is 2.25. The van der Waals surface area contributed by atoms with Crippen molar-refractivity contribution in [1.29, 1.82) is 0 Å². The maximum atomic E-state index is 5.51. The molecule has 0 atom stereocenters. The van der Waals surface area contributed by atoms with Gasteiger partial charge in [-0.1, -0.05) is 48.2 Å². The molecule has 4 heteroatoms. The highest BCUT2D eigenvalue weighted by molar-refractivity contribution is 7.99. The molecule has 0 unspecified atom stereocenters. The second-order valence-electron chi connectivity index (χ2n) is 8.47. The van der Waals surface area contributed by atoms with Crippen LogP contribution in [-0.2, 0) is 6.42 Å². The third-order valence-electron chi connectivity index (χ3n) is 6.05. The first kappa shape index (κ1) is 20.2. The van der Waals surface area contributed by atoms with Crippen LogP contribution >= 0.6 is 11.8 Å². The van der Waals surface area contributed by atoms with E-state index in [4.69, 9.17) is 4.74 Å². The van der Waals surface area contributed by atoms with E-state index in [1.807, 2.05) is 11.8 Å². The lowest BCUT2D eigenvalue weighted by Crippen LogP contribution is -2.25. The first-order valence-electron chi connectivity index (χ1n) is 10.8. The van der Waals surface area contributed by atoms with Crippen molar-refractivity contribution in [1.82, 2.24) is 4.90 Å². The van der Waals surface area contributed by atoms with Crippen LogP contribution in [0.15, 0.2) is 70.5 Å². The number of allylic oxidation sites excluding steroid dienone is 1. The van der Waals surface area contributed by atoms with Crippen molar-refractivity contribution >= 4 is 34.8 Å². The molecule has 0 bridgehead atoms. The van der Waals surface area contributed by atoms with E-state index in [1.54, 1.807) is 7.11 Å². The molecule has 31 heavy (non-hydrogen) atoms. The van der Waals surface area contributed by atoms with E-state index < -0.39 is 0 Å². The number of rotatable bonds is 6. The standard InChI is InChI=1S/C27H28N2OS/c1-28(2)13-6-14-29-24-11-9-21(22-15-19-7-4-5-8-20(19)16-22)17-26(24)31-27-18-23(30-3)10-12-25(27)29/h4-5,7-12,15,17-18H,6,13-14,16H2,1-3H3. The van der Waals surface area contributed by atoms with E-state index in [0.29, 0.717) is 0 Å². The number of benzene rings is 3. The lowest BCUT2D eigenvalue weighted by atomic mass is 10.0. The van der Waals surface area contributed by atoms with E-state index in [0.717, 1.165) is 31.7 Å². The molecule has 1 aliphatic carbocycles. The molecule has 0 spiro atoms. The summed E-state index contributed by atoms with van der Waals surface area (Å²) in [5, 5.41) is 0.